The number of hydrogen-bond acceptors (Lipinski definition) is 2. The maximum absolute atomic E-state index is 4.35. The highest BCUT2D eigenvalue weighted by molar-refractivity contribution is 14.0. The van der Waals surface area contributed by atoms with Crippen molar-refractivity contribution in [1.29, 1.82) is 0 Å². The second kappa shape index (κ2) is 11.1. The van der Waals surface area contributed by atoms with E-state index in [4.69, 9.17) is 0 Å². The van der Waals surface area contributed by atoms with Crippen molar-refractivity contribution in [2.45, 2.75) is 19.5 Å². The van der Waals surface area contributed by atoms with Gasteiger partial charge in [0.1, 0.15) is 0 Å². The Labute approximate surface area is 184 Å². The zero-order valence-electron chi connectivity index (χ0n) is 16.8. The van der Waals surface area contributed by atoms with Gasteiger partial charge in [0.2, 0.25) is 0 Å². The summed E-state index contributed by atoms with van der Waals surface area (Å²) in [5.41, 5.74) is 5.15. The molecule has 6 heteroatoms. The molecular weight excluding hydrogens is 461 g/mol. The predicted octanol–water partition coefficient (Wildman–Crippen LogP) is 3.76. The van der Waals surface area contributed by atoms with Crippen molar-refractivity contribution in [1.82, 2.24) is 20.5 Å². The van der Waals surface area contributed by atoms with Crippen molar-refractivity contribution in [2.24, 2.45) is 4.99 Å². The third-order valence-corrected chi connectivity index (χ3v) is 4.64. The topological polar surface area (TPSA) is 55.5 Å². The van der Waals surface area contributed by atoms with Crippen LogP contribution in [-0.2, 0) is 19.5 Å². The van der Waals surface area contributed by atoms with Gasteiger partial charge in [-0.15, -0.1) is 24.0 Å². The molecule has 0 aliphatic rings. The molecule has 0 unspecified atom stereocenters. The minimum absolute atomic E-state index is 0. The zero-order valence-corrected chi connectivity index (χ0v) is 19.2. The van der Waals surface area contributed by atoms with Crippen LogP contribution in [-0.4, -0.2) is 43.5 Å². The van der Waals surface area contributed by atoms with Gasteiger partial charge in [0.15, 0.2) is 5.96 Å². The molecule has 0 amide bonds. The molecule has 0 atom stereocenters. The molecule has 3 N–H and O–H groups in total. The lowest BCUT2D eigenvalue weighted by Gasteiger charge is -2.16. The molecule has 28 heavy (non-hydrogen) atoms. The van der Waals surface area contributed by atoms with E-state index in [1.807, 2.05) is 7.05 Å². The van der Waals surface area contributed by atoms with Crippen LogP contribution in [0.2, 0.25) is 0 Å². The van der Waals surface area contributed by atoms with E-state index in [0.29, 0.717) is 0 Å². The van der Waals surface area contributed by atoms with Gasteiger partial charge in [-0.25, -0.2) is 0 Å². The molecule has 0 radical (unpaired) electrons. The summed E-state index contributed by atoms with van der Waals surface area (Å²) in [6.07, 6.45) is 3.04. The number of aliphatic imine (C=N–C) groups is 1. The van der Waals surface area contributed by atoms with Gasteiger partial charge in [0.05, 0.1) is 0 Å². The van der Waals surface area contributed by atoms with E-state index in [0.717, 1.165) is 32.0 Å². The molecule has 0 spiro atoms. The normalized spacial score (nSPS) is 11.5. The fourth-order valence-corrected chi connectivity index (χ4v) is 3.28. The Morgan fingerprint density at radius 3 is 2.43 bits per heavy atom. The van der Waals surface area contributed by atoms with E-state index in [2.05, 4.69) is 94.3 Å². The summed E-state index contributed by atoms with van der Waals surface area (Å²) in [5, 5.41) is 8.14. The molecule has 150 valence electrons. The lowest BCUT2D eigenvalue weighted by Crippen LogP contribution is -2.38. The van der Waals surface area contributed by atoms with E-state index in [1.165, 1.54) is 27.6 Å². The lowest BCUT2D eigenvalue weighted by molar-refractivity contribution is 0.400. The third kappa shape index (κ3) is 5.97. The molecule has 1 aromatic heterocycles. The first-order valence-corrected chi connectivity index (χ1v) is 9.38. The van der Waals surface area contributed by atoms with Crippen molar-refractivity contribution < 1.29 is 0 Å². The zero-order chi connectivity index (χ0) is 19.1. The van der Waals surface area contributed by atoms with Crippen LogP contribution < -0.4 is 10.6 Å². The van der Waals surface area contributed by atoms with Crippen LogP contribution in [0.4, 0.5) is 0 Å². The molecule has 3 aromatic rings. The number of para-hydroxylation sites is 1. The van der Waals surface area contributed by atoms with Crippen molar-refractivity contribution in [3.8, 4) is 0 Å². The van der Waals surface area contributed by atoms with Gasteiger partial charge in [-0.2, -0.15) is 0 Å². The number of nitrogens with zero attached hydrogens (tertiary/aromatic N) is 2. The summed E-state index contributed by atoms with van der Waals surface area (Å²) >= 11 is 0. The highest BCUT2D eigenvalue weighted by atomic mass is 127. The first-order valence-electron chi connectivity index (χ1n) is 9.38. The highest BCUT2D eigenvalue weighted by Crippen LogP contribution is 2.17. The quantitative estimate of drug-likeness (QED) is 0.268. The Hall–Kier alpha value is -2.06. The third-order valence-electron chi connectivity index (χ3n) is 4.64. The maximum Gasteiger partial charge on any atom is 0.191 e. The minimum atomic E-state index is 0. The SMILES string of the molecule is CN=C(NCCc1c[nH]c2ccccc12)NCc1ccccc1CN(C)C.I. The van der Waals surface area contributed by atoms with Crippen molar-refractivity contribution in [2.75, 3.05) is 27.7 Å². The summed E-state index contributed by atoms with van der Waals surface area (Å²) < 4.78 is 0. The number of aromatic nitrogens is 1. The fourth-order valence-electron chi connectivity index (χ4n) is 3.28. The average molecular weight is 491 g/mol. The predicted molar refractivity (Wildman–Crippen MR) is 129 cm³/mol. The monoisotopic (exact) mass is 491 g/mol. The molecule has 0 saturated carbocycles. The number of H-pyrrole nitrogens is 1. The molecule has 0 aliphatic heterocycles. The van der Waals surface area contributed by atoms with Crippen molar-refractivity contribution >= 4 is 40.8 Å². The van der Waals surface area contributed by atoms with Crippen LogP contribution >= 0.6 is 24.0 Å². The number of hydrogen-bond donors (Lipinski definition) is 3. The Bertz CT molecular complexity index is 901. The summed E-state index contributed by atoms with van der Waals surface area (Å²) in [6, 6.07) is 16.9. The van der Waals surface area contributed by atoms with Crippen LogP contribution in [0.1, 0.15) is 16.7 Å². The maximum atomic E-state index is 4.35. The Kier molecular flexibility index (Phi) is 8.79. The fraction of sp³-hybridized carbons (Fsp3) is 0.318. The molecule has 0 fully saturated rings. The molecular formula is C22H30IN5. The molecule has 3 rings (SSSR count). The van der Waals surface area contributed by atoms with E-state index >= 15 is 0 Å². The smallest absolute Gasteiger partial charge is 0.191 e. The Balaban J connectivity index is 0.00000280. The van der Waals surface area contributed by atoms with E-state index in [9.17, 15) is 0 Å². The van der Waals surface area contributed by atoms with Gasteiger partial charge in [-0.05, 0) is 43.3 Å². The van der Waals surface area contributed by atoms with Crippen molar-refractivity contribution in [3.05, 3.63) is 71.4 Å². The Morgan fingerprint density at radius 1 is 0.964 bits per heavy atom. The first kappa shape index (κ1) is 22.2. The Morgan fingerprint density at radius 2 is 1.68 bits per heavy atom. The van der Waals surface area contributed by atoms with Crippen LogP contribution in [0.3, 0.4) is 0 Å². The highest BCUT2D eigenvalue weighted by Gasteiger charge is 2.06. The van der Waals surface area contributed by atoms with Gasteiger partial charge < -0.3 is 20.5 Å². The van der Waals surface area contributed by atoms with E-state index in [-0.39, 0.29) is 24.0 Å². The van der Waals surface area contributed by atoms with Gasteiger partial charge in [0, 0.05) is 43.8 Å². The summed E-state index contributed by atoms with van der Waals surface area (Å²) in [7, 11) is 6.00. The van der Waals surface area contributed by atoms with Gasteiger partial charge in [-0.3, -0.25) is 4.99 Å². The largest absolute Gasteiger partial charge is 0.361 e. The number of guanidine groups is 1. The number of benzene rings is 2. The van der Waals surface area contributed by atoms with Gasteiger partial charge >= 0.3 is 0 Å². The second-order valence-corrected chi connectivity index (χ2v) is 6.97. The molecule has 2 aromatic carbocycles. The van der Waals surface area contributed by atoms with E-state index < -0.39 is 0 Å². The lowest BCUT2D eigenvalue weighted by atomic mass is 10.1. The molecule has 0 bridgehead atoms. The van der Waals surface area contributed by atoms with Crippen molar-refractivity contribution in [3.63, 3.8) is 0 Å². The minimum Gasteiger partial charge on any atom is -0.361 e. The molecule has 0 aliphatic carbocycles. The van der Waals surface area contributed by atoms with Crippen LogP contribution in [0.5, 0.6) is 0 Å². The van der Waals surface area contributed by atoms with Gasteiger partial charge in [-0.1, -0.05) is 42.5 Å². The summed E-state index contributed by atoms with van der Waals surface area (Å²) in [6.45, 7) is 2.53. The number of aromatic amines is 1. The molecule has 0 saturated heterocycles. The summed E-state index contributed by atoms with van der Waals surface area (Å²) in [5.74, 6) is 0.828. The van der Waals surface area contributed by atoms with Crippen LogP contribution in [0.25, 0.3) is 10.9 Å². The standard InChI is InChI=1S/C22H29N5.HI/c1-23-22(26-14-17-8-4-5-9-19(17)16-27(2)3)24-13-12-18-15-25-21-11-7-6-10-20(18)21;/h4-11,15,25H,12-14,16H2,1-3H3,(H2,23,24,26);1H. The van der Waals surface area contributed by atoms with Crippen LogP contribution in [0, 0.1) is 0 Å². The average Bonchev–Trinajstić information content (AvgIpc) is 3.08. The first-order chi connectivity index (χ1) is 13.2. The number of rotatable bonds is 7. The number of nitrogens with one attached hydrogen (secondary N) is 3. The molecule has 1 heterocycles. The van der Waals surface area contributed by atoms with E-state index in [1.54, 1.807) is 0 Å². The molecule has 5 nitrogen and oxygen atoms in total. The second-order valence-electron chi connectivity index (χ2n) is 6.97. The van der Waals surface area contributed by atoms with Crippen LogP contribution in [0.15, 0.2) is 59.7 Å². The van der Waals surface area contributed by atoms with Gasteiger partial charge in [0.25, 0.3) is 0 Å². The number of halogens is 1. The number of fused-ring (bicyclic) bond motifs is 1. The summed E-state index contributed by atoms with van der Waals surface area (Å²) in [4.78, 5) is 9.87.